The zero-order chi connectivity index (χ0) is 10.1. The van der Waals surface area contributed by atoms with Gasteiger partial charge in [-0.05, 0) is 49.6 Å². The van der Waals surface area contributed by atoms with E-state index in [0.717, 1.165) is 17.3 Å². The third-order valence-corrected chi connectivity index (χ3v) is 5.52. The summed E-state index contributed by atoms with van der Waals surface area (Å²) in [5, 5.41) is 3.66. The molecule has 0 aromatic carbocycles. The Kier molecular flexibility index (Phi) is 2.76. The minimum Gasteiger partial charge on any atom is -0.316 e. The first-order valence-electron chi connectivity index (χ1n) is 7.11. The van der Waals surface area contributed by atoms with Crippen LogP contribution in [0.25, 0.3) is 0 Å². The highest BCUT2D eigenvalue weighted by Crippen LogP contribution is 2.53. The van der Waals surface area contributed by atoms with Gasteiger partial charge in [-0.15, -0.1) is 0 Å². The topological polar surface area (TPSA) is 12.0 Å². The van der Waals surface area contributed by atoms with Crippen molar-refractivity contribution in [2.24, 2.45) is 17.3 Å². The first kappa shape index (κ1) is 10.1. The van der Waals surface area contributed by atoms with Crippen molar-refractivity contribution in [3.63, 3.8) is 0 Å². The summed E-state index contributed by atoms with van der Waals surface area (Å²) >= 11 is 0. The molecule has 2 saturated carbocycles. The first-order valence-corrected chi connectivity index (χ1v) is 7.11. The van der Waals surface area contributed by atoms with Gasteiger partial charge in [-0.1, -0.05) is 38.5 Å². The standard InChI is InChI=1S/C14H25N/c1-2-6-12(5-1)13-11-15-10-9-14(13)7-3-4-8-14/h12-13,15H,1-11H2. The van der Waals surface area contributed by atoms with E-state index in [1.165, 1.54) is 58.0 Å². The van der Waals surface area contributed by atoms with Crippen LogP contribution in [0.1, 0.15) is 57.8 Å². The van der Waals surface area contributed by atoms with Crippen LogP contribution in [-0.2, 0) is 0 Å². The average molecular weight is 207 g/mol. The number of hydrogen-bond donors (Lipinski definition) is 1. The molecule has 3 aliphatic rings. The smallest absolute Gasteiger partial charge is 0.00125 e. The van der Waals surface area contributed by atoms with Crippen molar-refractivity contribution >= 4 is 0 Å². The van der Waals surface area contributed by atoms with Crippen molar-refractivity contribution in [3.05, 3.63) is 0 Å². The van der Waals surface area contributed by atoms with Crippen LogP contribution in [-0.4, -0.2) is 13.1 Å². The molecule has 1 atom stereocenters. The summed E-state index contributed by atoms with van der Waals surface area (Å²) < 4.78 is 0. The fourth-order valence-electron chi connectivity index (χ4n) is 4.72. The molecule has 1 saturated heterocycles. The molecule has 0 aromatic rings. The Morgan fingerprint density at radius 1 is 0.867 bits per heavy atom. The molecule has 0 aromatic heterocycles. The van der Waals surface area contributed by atoms with Gasteiger partial charge in [0.1, 0.15) is 0 Å². The molecule has 2 aliphatic carbocycles. The maximum Gasteiger partial charge on any atom is -0.00125 e. The van der Waals surface area contributed by atoms with E-state index in [2.05, 4.69) is 5.32 Å². The van der Waals surface area contributed by atoms with Crippen LogP contribution in [0.2, 0.25) is 0 Å². The van der Waals surface area contributed by atoms with Gasteiger partial charge in [-0.25, -0.2) is 0 Å². The molecule has 1 N–H and O–H groups in total. The monoisotopic (exact) mass is 207 g/mol. The van der Waals surface area contributed by atoms with Crippen molar-refractivity contribution in [2.75, 3.05) is 13.1 Å². The lowest BCUT2D eigenvalue weighted by molar-refractivity contribution is 0.0666. The van der Waals surface area contributed by atoms with Crippen LogP contribution in [0.3, 0.4) is 0 Å². The average Bonchev–Trinajstić information content (AvgIpc) is 2.90. The molecule has 1 nitrogen and oxygen atoms in total. The van der Waals surface area contributed by atoms with Crippen molar-refractivity contribution in [1.82, 2.24) is 5.32 Å². The summed E-state index contributed by atoms with van der Waals surface area (Å²) in [5.41, 5.74) is 0.792. The van der Waals surface area contributed by atoms with Crippen molar-refractivity contribution in [3.8, 4) is 0 Å². The fraction of sp³-hybridized carbons (Fsp3) is 1.00. The molecule has 3 fully saturated rings. The first-order chi connectivity index (χ1) is 7.41. The predicted octanol–water partition coefficient (Wildman–Crippen LogP) is 3.35. The summed E-state index contributed by atoms with van der Waals surface area (Å²) in [4.78, 5) is 0. The Labute approximate surface area is 94.0 Å². The molecule has 1 aliphatic heterocycles. The van der Waals surface area contributed by atoms with E-state index in [9.17, 15) is 0 Å². The van der Waals surface area contributed by atoms with Crippen LogP contribution < -0.4 is 5.32 Å². The zero-order valence-electron chi connectivity index (χ0n) is 9.93. The van der Waals surface area contributed by atoms with Gasteiger partial charge in [0.05, 0.1) is 0 Å². The zero-order valence-corrected chi connectivity index (χ0v) is 9.93. The minimum atomic E-state index is 0.792. The molecule has 3 rings (SSSR count). The second-order valence-corrected chi connectivity index (χ2v) is 6.17. The molecule has 1 unspecified atom stereocenters. The lowest BCUT2D eigenvalue weighted by Crippen LogP contribution is -2.46. The highest BCUT2D eigenvalue weighted by Gasteiger charge is 2.45. The summed E-state index contributed by atoms with van der Waals surface area (Å²) in [5.74, 6) is 2.12. The maximum atomic E-state index is 3.66. The van der Waals surface area contributed by atoms with Crippen molar-refractivity contribution in [2.45, 2.75) is 57.8 Å². The molecule has 1 spiro atoms. The van der Waals surface area contributed by atoms with Crippen molar-refractivity contribution in [1.29, 1.82) is 0 Å². The Morgan fingerprint density at radius 3 is 2.33 bits per heavy atom. The van der Waals surface area contributed by atoms with Gasteiger partial charge in [-0.2, -0.15) is 0 Å². The van der Waals surface area contributed by atoms with E-state index in [-0.39, 0.29) is 0 Å². The molecule has 0 bridgehead atoms. The van der Waals surface area contributed by atoms with E-state index >= 15 is 0 Å². The molecular formula is C14H25N. The SMILES string of the molecule is C1CCC(C2CNCCC23CCCC3)C1. The number of rotatable bonds is 1. The van der Waals surface area contributed by atoms with Gasteiger partial charge >= 0.3 is 0 Å². The van der Waals surface area contributed by atoms with Gasteiger partial charge in [-0.3, -0.25) is 0 Å². The van der Waals surface area contributed by atoms with Crippen LogP contribution in [0.5, 0.6) is 0 Å². The third kappa shape index (κ3) is 1.73. The van der Waals surface area contributed by atoms with E-state index in [4.69, 9.17) is 0 Å². The molecule has 0 amide bonds. The van der Waals surface area contributed by atoms with E-state index in [1.54, 1.807) is 12.8 Å². The largest absolute Gasteiger partial charge is 0.316 e. The fourth-order valence-corrected chi connectivity index (χ4v) is 4.72. The van der Waals surface area contributed by atoms with Gasteiger partial charge < -0.3 is 5.32 Å². The van der Waals surface area contributed by atoms with Gasteiger partial charge in [0, 0.05) is 0 Å². The summed E-state index contributed by atoms with van der Waals surface area (Å²) in [6.45, 7) is 2.63. The highest BCUT2D eigenvalue weighted by molar-refractivity contribution is 4.98. The van der Waals surface area contributed by atoms with Crippen molar-refractivity contribution < 1.29 is 0 Å². The second kappa shape index (κ2) is 4.08. The second-order valence-electron chi connectivity index (χ2n) is 6.17. The maximum absolute atomic E-state index is 3.66. The van der Waals surface area contributed by atoms with E-state index in [1.807, 2.05) is 0 Å². The quantitative estimate of drug-likeness (QED) is 0.695. The van der Waals surface area contributed by atoms with E-state index in [0.29, 0.717) is 0 Å². The van der Waals surface area contributed by atoms with Crippen LogP contribution in [0, 0.1) is 17.3 Å². The summed E-state index contributed by atoms with van der Waals surface area (Å²) in [6, 6.07) is 0. The molecule has 15 heavy (non-hydrogen) atoms. The summed E-state index contributed by atoms with van der Waals surface area (Å²) in [6.07, 6.45) is 13.7. The third-order valence-electron chi connectivity index (χ3n) is 5.52. The highest BCUT2D eigenvalue weighted by atomic mass is 14.9. The number of nitrogens with one attached hydrogen (secondary N) is 1. The van der Waals surface area contributed by atoms with Crippen LogP contribution in [0.4, 0.5) is 0 Å². The number of hydrogen-bond acceptors (Lipinski definition) is 1. The Hall–Kier alpha value is -0.0400. The van der Waals surface area contributed by atoms with Gasteiger partial charge in [0.25, 0.3) is 0 Å². The lowest BCUT2D eigenvalue weighted by Gasteiger charge is -2.45. The predicted molar refractivity (Wildman–Crippen MR) is 63.8 cm³/mol. The minimum absolute atomic E-state index is 0.792. The van der Waals surface area contributed by atoms with Crippen LogP contribution in [0.15, 0.2) is 0 Å². The van der Waals surface area contributed by atoms with Gasteiger partial charge in [0.15, 0.2) is 0 Å². The Bertz CT molecular complexity index is 211. The van der Waals surface area contributed by atoms with Gasteiger partial charge in [0.2, 0.25) is 0 Å². The van der Waals surface area contributed by atoms with Crippen LogP contribution >= 0.6 is 0 Å². The molecule has 0 radical (unpaired) electrons. The Morgan fingerprint density at radius 2 is 1.60 bits per heavy atom. The summed E-state index contributed by atoms with van der Waals surface area (Å²) in [7, 11) is 0. The molecular weight excluding hydrogens is 182 g/mol. The molecule has 1 heteroatoms. The van der Waals surface area contributed by atoms with E-state index < -0.39 is 0 Å². The lowest BCUT2D eigenvalue weighted by atomic mass is 9.64. The molecule has 86 valence electrons. The normalized spacial score (nSPS) is 36.4. The number of piperidine rings is 1. The molecule has 1 heterocycles. The Balaban J connectivity index is 1.77.